The summed E-state index contributed by atoms with van der Waals surface area (Å²) in [6, 6.07) is 0. The number of hydrogen-bond acceptors (Lipinski definition) is 6. The average Bonchev–Trinajstić information content (AvgIpc) is 2.35. The second-order valence-corrected chi connectivity index (χ2v) is 9.14. The highest BCUT2D eigenvalue weighted by Gasteiger charge is 2.36. The molecule has 20 heavy (non-hydrogen) atoms. The lowest BCUT2D eigenvalue weighted by atomic mass is 10.2. The summed E-state index contributed by atoms with van der Waals surface area (Å²) in [5.74, 6) is -0.830. The third-order valence-electron chi connectivity index (χ3n) is 3.25. The molecule has 1 fully saturated rings. The summed E-state index contributed by atoms with van der Waals surface area (Å²) in [5, 5.41) is -0.736. The zero-order valence-electron chi connectivity index (χ0n) is 11.7. The summed E-state index contributed by atoms with van der Waals surface area (Å²) in [4.78, 5) is 11.4. The van der Waals surface area contributed by atoms with Gasteiger partial charge in [-0.2, -0.15) is 4.31 Å². The molecule has 0 spiro atoms. The lowest BCUT2D eigenvalue weighted by Crippen LogP contribution is -2.44. The van der Waals surface area contributed by atoms with Gasteiger partial charge in [0, 0.05) is 6.54 Å². The molecule has 9 heteroatoms. The fourth-order valence-electron chi connectivity index (χ4n) is 2.11. The lowest BCUT2D eigenvalue weighted by molar-refractivity contribution is -0.143. The van der Waals surface area contributed by atoms with Crippen LogP contribution < -0.4 is 0 Å². The maximum absolute atomic E-state index is 12.4. The summed E-state index contributed by atoms with van der Waals surface area (Å²) in [7, 11) is -6.78. The Morgan fingerprint density at radius 1 is 1.25 bits per heavy atom. The predicted octanol–water partition coefficient (Wildman–Crippen LogP) is -0.222. The quantitative estimate of drug-likeness (QED) is 0.626. The Morgan fingerprint density at radius 3 is 2.25 bits per heavy atom. The van der Waals surface area contributed by atoms with Crippen LogP contribution in [-0.2, 0) is 29.4 Å². The van der Waals surface area contributed by atoms with Gasteiger partial charge in [0.05, 0.1) is 23.4 Å². The van der Waals surface area contributed by atoms with E-state index in [0.29, 0.717) is 0 Å². The van der Waals surface area contributed by atoms with E-state index in [2.05, 4.69) is 0 Å². The van der Waals surface area contributed by atoms with Gasteiger partial charge < -0.3 is 4.74 Å². The largest absolute Gasteiger partial charge is 0.465 e. The Morgan fingerprint density at radius 2 is 1.80 bits per heavy atom. The van der Waals surface area contributed by atoms with Crippen molar-refractivity contribution in [1.29, 1.82) is 0 Å². The molecule has 0 N–H and O–H groups in total. The van der Waals surface area contributed by atoms with Crippen molar-refractivity contribution in [2.75, 3.05) is 31.2 Å². The van der Waals surface area contributed by atoms with Gasteiger partial charge in [0.1, 0.15) is 16.4 Å². The summed E-state index contributed by atoms with van der Waals surface area (Å²) < 4.78 is 53.3. The van der Waals surface area contributed by atoms with Crippen molar-refractivity contribution in [3.63, 3.8) is 0 Å². The van der Waals surface area contributed by atoms with Crippen LogP contribution in [0.4, 0.5) is 0 Å². The van der Waals surface area contributed by atoms with Gasteiger partial charge in [0.2, 0.25) is 10.0 Å². The molecule has 1 heterocycles. The molecule has 0 amide bonds. The van der Waals surface area contributed by atoms with E-state index < -0.39 is 31.1 Å². The fraction of sp³-hybridized carbons (Fsp3) is 0.909. The highest BCUT2D eigenvalue weighted by atomic mass is 32.2. The third-order valence-corrected chi connectivity index (χ3v) is 7.38. The highest BCUT2D eigenvalue weighted by molar-refractivity contribution is 7.92. The molecule has 1 aliphatic rings. The second kappa shape index (κ2) is 6.86. The third kappa shape index (κ3) is 4.42. The molecule has 0 aromatic carbocycles. The van der Waals surface area contributed by atoms with Gasteiger partial charge in [0.15, 0.2) is 0 Å². The minimum Gasteiger partial charge on any atom is -0.465 e. The Bertz CT molecular complexity index is 525. The molecule has 0 aromatic heterocycles. The normalized spacial score (nSPS) is 19.9. The van der Waals surface area contributed by atoms with E-state index in [-0.39, 0.29) is 44.0 Å². The van der Waals surface area contributed by atoms with E-state index >= 15 is 0 Å². The van der Waals surface area contributed by atoms with Crippen molar-refractivity contribution in [2.45, 2.75) is 31.9 Å². The number of rotatable bonds is 6. The van der Waals surface area contributed by atoms with Crippen molar-refractivity contribution in [2.24, 2.45) is 0 Å². The summed E-state index contributed by atoms with van der Waals surface area (Å²) >= 11 is 0. The van der Waals surface area contributed by atoms with E-state index in [0.717, 1.165) is 4.31 Å². The molecular formula is C11H21NO6S2. The van der Waals surface area contributed by atoms with Crippen molar-refractivity contribution >= 4 is 25.8 Å². The topological polar surface area (TPSA) is 97.8 Å². The van der Waals surface area contributed by atoms with Gasteiger partial charge in [-0.3, -0.25) is 4.79 Å². The highest BCUT2D eigenvalue weighted by Crippen LogP contribution is 2.22. The smallest absolute Gasteiger partial charge is 0.321 e. The average molecular weight is 327 g/mol. The van der Waals surface area contributed by atoms with Crippen molar-refractivity contribution < 1.29 is 26.4 Å². The molecule has 118 valence electrons. The molecule has 7 nitrogen and oxygen atoms in total. The van der Waals surface area contributed by atoms with E-state index in [1.807, 2.05) is 0 Å². The van der Waals surface area contributed by atoms with Crippen LogP contribution in [0.2, 0.25) is 0 Å². The summed E-state index contributed by atoms with van der Waals surface area (Å²) in [5.41, 5.74) is 0. The monoisotopic (exact) mass is 327 g/mol. The molecule has 1 aliphatic heterocycles. The zero-order valence-corrected chi connectivity index (χ0v) is 13.4. The lowest BCUT2D eigenvalue weighted by Gasteiger charge is -2.28. The number of ether oxygens (including phenoxy) is 1. The summed E-state index contributed by atoms with van der Waals surface area (Å²) in [6.07, 6.45) is 0.175. The fourth-order valence-corrected chi connectivity index (χ4v) is 5.80. The molecule has 1 saturated heterocycles. The molecule has 0 bridgehead atoms. The van der Waals surface area contributed by atoms with Gasteiger partial charge in [-0.05, 0) is 19.8 Å². The first-order chi connectivity index (χ1) is 9.23. The standard InChI is InChI=1S/C11H21NO6S2/c1-3-12(9-11(13)18-4-2)20(16,17)10-5-7-19(14,15)8-6-10/h10H,3-9H2,1-2H3. The van der Waals surface area contributed by atoms with Crippen LogP contribution in [-0.4, -0.2) is 63.6 Å². The van der Waals surface area contributed by atoms with Gasteiger partial charge >= 0.3 is 5.97 Å². The maximum atomic E-state index is 12.4. The number of hydrogen-bond donors (Lipinski definition) is 0. The number of likely N-dealkylation sites (N-methyl/N-ethyl adjacent to an activating group) is 1. The first-order valence-electron chi connectivity index (χ1n) is 6.58. The van der Waals surface area contributed by atoms with Gasteiger partial charge in [-0.25, -0.2) is 16.8 Å². The van der Waals surface area contributed by atoms with E-state index in [1.54, 1.807) is 13.8 Å². The number of esters is 1. The first-order valence-corrected chi connectivity index (χ1v) is 9.90. The van der Waals surface area contributed by atoms with E-state index in [1.165, 1.54) is 0 Å². The number of nitrogens with zero attached hydrogens (tertiary/aromatic N) is 1. The van der Waals surface area contributed by atoms with Gasteiger partial charge in [-0.1, -0.05) is 6.92 Å². The van der Waals surface area contributed by atoms with Crippen molar-refractivity contribution in [3.8, 4) is 0 Å². The SMILES string of the molecule is CCOC(=O)CN(CC)S(=O)(=O)C1CCS(=O)(=O)CC1. The molecule has 0 atom stereocenters. The number of sulfone groups is 1. The van der Waals surface area contributed by atoms with Crippen LogP contribution >= 0.6 is 0 Å². The predicted molar refractivity (Wildman–Crippen MR) is 74.5 cm³/mol. The number of sulfonamides is 1. The Balaban J connectivity index is 2.77. The number of carbonyl (C=O) groups excluding carboxylic acids is 1. The van der Waals surface area contributed by atoms with Gasteiger partial charge in [0.25, 0.3) is 0 Å². The minimum atomic E-state index is -3.67. The van der Waals surface area contributed by atoms with Crippen LogP contribution in [0.1, 0.15) is 26.7 Å². The molecule has 0 aromatic rings. The first kappa shape index (κ1) is 17.4. The Hall–Kier alpha value is -0.670. The second-order valence-electron chi connectivity index (χ2n) is 4.63. The molecular weight excluding hydrogens is 306 g/mol. The molecule has 0 saturated carbocycles. The molecule has 0 radical (unpaired) electrons. The van der Waals surface area contributed by atoms with Crippen LogP contribution in [0, 0.1) is 0 Å². The molecule has 0 unspecified atom stereocenters. The Kier molecular flexibility index (Phi) is 5.96. The van der Waals surface area contributed by atoms with E-state index in [9.17, 15) is 21.6 Å². The molecule has 0 aliphatic carbocycles. The number of carbonyl (C=O) groups is 1. The van der Waals surface area contributed by atoms with Crippen LogP contribution in [0.5, 0.6) is 0 Å². The van der Waals surface area contributed by atoms with Crippen LogP contribution in [0.15, 0.2) is 0 Å². The van der Waals surface area contributed by atoms with E-state index in [4.69, 9.17) is 4.74 Å². The maximum Gasteiger partial charge on any atom is 0.321 e. The Labute approximate surface area is 120 Å². The van der Waals surface area contributed by atoms with Crippen LogP contribution in [0.25, 0.3) is 0 Å². The van der Waals surface area contributed by atoms with Crippen molar-refractivity contribution in [1.82, 2.24) is 4.31 Å². The van der Waals surface area contributed by atoms with Crippen molar-refractivity contribution in [3.05, 3.63) is 0 Å². The van der Waals surface area contributed by atoms with Gasteiger partial charge in [-0.15, -0.1) is 0 Å². The zero-order chi connectivity index (χ0) is 15.4. The van der Waals surface area contributed by atoms with Crippen LogP contribution in [0.3, 0.4) is 0 Å². The molecule has 1 rings (SSSR count). The summed E-state index contributed by atoms with van der Waals surface area (Å²) in [6.45, 7) is 3.31. The minimum absolute atomic E-state index is 0.0873.